The number of fused-ring (bicyclic) bond motifs is 1. The molecular formula is C22H23N5O5. The molecule has 0 bridgehead atoms. The standard InChI is InChI=1S/C22H23N5O5/c1-2-26-21(31)15-8-4-6-10-17(15)27(22(26)32)13-19(29)25-16-9-5-3-7-14(16)20(30)24-12-11-18(23)28/h3-10H,2,11-13H2,1H3,(H2,23,28)(H,24,30)(H,25,29). The lowest BCUT2D eigenvalue weighted by atomic mass is 10.1. The molecule has 0 aliphatic rings. The average molecular weight is 437 g/mol. The Bertz CT molecular complexity index is 1310. The van der Waals surface area contributed by atoms with Crippen LogP contribution in [0.3, 0.4) is 0 Å². The molecule has 1 aromatic heterocycles. The van der Waals surface area contributed by atoms with Crippen molar-refractivity contribution in [1.29, 1.82) is 0 Å². The van der Waals surface area contributed by atoms with Gasteiger partial charge in [0.15, 0.2) is 0 Å². The van der Waals surface area contributed by atoms with Gasteiger partial charge in [0.1, 0.15) is 6.54 Å². The maximum absolute atomic E-state index is 12.8. The van der Waals surface area contributed by atoms with E-state index >= 15 is 0 Å². The minimum atomic E-state index is -0.594. The zero-order chi connectivity index (χ0) is 23.3. The summed E-state index contributed by atoms with van der Waals surface area (Å²) in [7, 11) is 0. The number of nitrogens with two attached hydrogens (primary N) is 1. The Hall–Kier alpha value is -4.21. The van der Waals surface area contributed by atoms with E-state index in [9.17, 15) is 24.0 Å². The second-order valence-electron chi connectivity index (χ2n) is 7.00. The molecule has 0 spiro atoms. The largest absolute Gasteiger partial charge is 0.370 e. The number of hydrogen-bond donors (Lipinski definition) is 3. The summed E-state index contributed by atoms with van der Waals surface area (Å²) in [5.41, 5.74) is 4.85. The molecule has 10 nitrogen and oxygen atoms in total. The summed E-state index contributed by atoms with van der Waals surface area (Å²) in [5, 5.41) is 5.54. The summed E-state index contributed by atoms with van der Waals surface area (Å²) in [6, 6.07) is 12.9. The number of primary amides is 1. The fourth-order valence-electron chi connectivity index (χ4n) is 3.32. The van der Waals surface area contributed by atoms with Crippen LogP contribution in [0.4, 0.5) is 5.69 Å². The molecule has 0 unspecified atom stereocenters. The molecule has 32 heavy (non-hydrogen) atoms. The van der Waals surface area contributed by atoms with Crippen molar-refractivity contribution in [3.63, 3.8) is 0 Å². The molecule has 0 saturated carbocycles. The lowest BCUT2D eigenvalue weighted by Crippen LogP contribution is -2.41. The van der Waals surface area contributed by atoms with Crippen LogP contribution in [0.2, 0.25) is 0 Å². The van der Waals surface area contributed by atoms with Gasteiger partial charge in [-0.25, -0.2) is 4.79 Å². The molecule has 166 valence electrons. The number of nitrogens with zero attached hydrogens (tertiary/aromatic N) is 2. The van der Waals surface area contributed by atoms with E-state index in [1.807, 2.05) is 0 Å². The smallest absolute Gasteiger partial charge is 0.331 e. The number of carbonyl (C=O) groups excluding carboxylic acids is 3. The summed E-state index contributed by atoms with van der Waals surface area (Å²) in [5.74, 6) is -1.57. The van der Waals surface area contributed by atoms with Crippen molar-refractivity contribution in [2.24, 2.45) is 5.73 Å². The number of rotatable bonds is 8. The zero-order valence-electron chi connectivity index (χ0n) is 17.5. The van der Waals surface area contributed by atoms with Crippen LogP contribution in [-0.4, -0.2) is 33.4 Å². The summed E-state index contributed by atoms with van der Waals surface area (Å²) in [4.78, 5) is 61.4. The van der Waals surface area contributed by atoms with Gasteiger partial charge in [0.2, 0.25) is 11.8 Å². The van der Waals surface area contributed by atoms with E-state index < -0.39 is 29.0 Å². The molecular weight excluding hydrogens is 414 g/mol. The number of nitrogens with one attached hydrogen (secondary N) is 2. The van der Waals surface area contributed by atoms with Crippen LogP contribution in [0.25, 0.3) is 10.9 Å². The molecule has 3 aromatic rings. The molecule has 0 saturated heterocycles. The lowest BCUT2D eigenvalue weighted by Gasteiger charge is -2.14. The molecule has 0 aliphatic carbocycles. The van der Waals surface area contributed by atoms with E-state index in [4.69, 9.17) is 5.73 Å². The van der Waals surface area contributed by atoms with Gasteiger partial charge in [-0.2, -0.15) is 0 Å². The predicted octanol–water partition coefficient (Wildman–Crippen LogP) is 0.427. The van der Waals surface area contributed by atoms with Gasteiger partial charge in [-0.1, -0.05) is 24.3 Å². The van der Waals surface area contributed by atoms with Gasteiger partial charge in [-0.15, -0.1) is 0 Å². The summed E-state index contributed by atoms with van der Waals surface area (Å²) in [6.07, 6.45) is -0.0105. The molecule has 0 aliphatic heterocycles. The summed E-state index contributed by atoms with van der Waals surface area (Å²) in [6.45, 7) is 1.56. The number of para-hydroxylation sites is 2. The monoisotopic (exact) mass is 437 g/mol. The molecule has 0 atom stereocenters. The Morgan fingerprint density at radius 3 is 2.38 bits per heavy atom. The Balaban J connectivity index is 1.87. The Morgan fingerprint density at radius 2 is 1.66 bits per heavy atom. The Morgan fingerprint density at radius 1 is 0.969 bits per heavy atom. The third-order valence-corrected chi connectivity index (χ3v) is 4.85. The van der Waals surface area contributed by atoms with Crippen LogP contribution >= 0.6 is 0 Å². The SMILES string of the molecule is CCn1c(=O)c2ccccc2n(CC(=O)Nc2ccccc2C(=O)NCCC(N)=O)c1=O. The average Bonchev–Trinajstić information content (AvgIpc) is 2.77. The molecule has 0 radical (unpaired) electrons. The third-order valence-electron chi connectivity index (χ3n) is 4.85. The van der Waals surface area contributed by atoms with E-state index in [1.165, 1.54) is 10.6 Å². The second kappa shape index (κ2) is 9.73. The maximum atomic E-state index is 12.8. The van der Waals surface area contributed by atoms with E-state index in [-0.39, 0.29) is 37.3 Å². The van der Waals surface area contributed by atoms with Crippen LogP contribution in [0.1, 0.15) is 23.7 Å². The van der Waals surface area contributed by atoms with E-state index in [0.29, 0.717) is 10.9 Å². The minimum Gasteiger partial charge on any atom is -0.370 e. The zero-order valence-corrected chi connectivity index (χ0v) is 17.5. The van der Waals surface area contributed by atoms with Crippen molar-refractivity contribution in [3.8, 4) is 0 Å². The van der Waals surface area contributed by atoms with Crippen LogP contribution in [-0.2, 0) is 22.7 Å². The number of benzene rings is 2. The van der Waals surface area contributed by atoms with Crippen molar-refractivity contribution in [3.05, 3.63) is 74.9 Å². The summed E-state index contributed by atoms with van der Waals surface area (Å²) >= 11 is 0. The summed E-state index contributed by atoms with van der Waals surface area (Å²) < 4.78 is 2.29. The van der Waals surface area contributed by atoms with Crippen molar-refractivity contribution >= 4 is 34.3 Å². The van der Waals surface area contributed by atoms with Crippen molar-refractivity contribution in [2.75, 3.05) is 11.9 Å². The fraction of sp³-hybridized carbons (Fsp3) is 0.227. The molecule has 1 heterocycles. The van der Waals surface area contributed by atoms with Gasteiger partial charge in [0.05, 0.1) is 22.2 Å². The number of hydrogen-bond acceptors (Lipinski definition) is 5. The lowest BCUT2D eigenvalue weighted by molar-refractivity contribution is -0.118. The Labute approximate surface area is 182 Å². The number of aromatic nitrogens is 2. The van der Waals surface area contributed by atoms with Crippen LogP contribution in [0, 0.1) is 0 Å². The molecule has 3 rings (SSSR count). The highest BCUT2D eigenvalue weighted by Gasteiger charge is 2.17. The number of carbonyl (C=O) groups is 3. The third kappa shape index (κ3) is 4.75. The van der Waals surface area contributed by atoms with E-state index in [2.05, 4.69) is 10.6 Å². The van der Waals surface area contributed by atoms with Crippen molar-refractivity contribution < 1.29 is 14.4 Å². The van der Waals surface area contributed by atoms with Crippen LogP contribution < -0.4 is 27.6 Å². The first-order chi connectivity index (χ1) is 15.3. The topological polar surface area (TPSA) is 145 Å². The second-order valence-corrected chi connectivity index (χ2v) is 7.00. The quantitative estimate of drug-likeness (QED) is 0.468. The van der Waals surface area contributed by atoms with Crippen molar-refractivity contribution in [2.45, 2.75) is 26.4 Å². The van der Waals surface area contributed by atoms with E-state index in [0.717, 1.165) is 4.57 Å². The van der Waals surface area contributed by atoms with Crippen molar-refractivity contribution in [1.82, 2.24) is 14.5 Å². The predicted molar refractivity (Wildman–Crippen MR) is 119 cm³/mol. The maximum Gasteiger partial charge on any atom is 0.331 e. The molecule has 2 aromatic carbocycles. The van der Waals surface area contributed by atoms with Gasteiger partial charge >= 0.3 is 5.69 Å². The minimum absolute atomic E-state index is 0.0105. The highest BCUT2D eigenvalue weighted by atomic mass is 16.2. The molecule has 10 heteroatoms. The highest BCUT2D eigenvalue weighted by Crippen LogP contribution is 2.15. The normalized spacial score (nSPS) is 10.7. The van der Waals surface area contributed by atoms with E-state index in [1.54, 1.807) is 49.4 Å². The first-order valence-electron chi connectivity index (χ1n) is 10.0. The van der Waals surface area contributed by atoms with Gasteiger partial charge < -0.3 is 16.4 Å². The number of anilines is 1. The van der Waals surface area contributed by atoms with Gasteiger partial charge in [-0.05, 0) is 31.2 Å². The van der Waals surface area contributed by atoms with Crippen LogP contribution in [0.15, 0.2) is 58.1 Å². The highest BCUT2D eigenvalue weighted by molar-refractivity contribution is 6.04. The Kier molecular flexibility index (Phi) is 6.83. The first kappa shape index (κ1) is 22.5. The van der Waals surface area contributed by atoms with Gasteiger partial charge in [0, 0.05) is 19.5 Å². The number of amides is 3. The molecule has 4 N–H and O–H groups in total. The molecule has 3 amide bonds. The fourth-order valence-corrected chi connectivity index (χ4v) is 3.32. The first-order valence-corrected chi connectivity index (χ1v) is 10.0. The molecule has 0 fully saturated rings. The van der Waals surface area contributed by atoms with Crippen LogP contribution in [0.5, 0.6) is 0 Å². The van der Waals surface area contributed by atoms with Gasteiger partial charge in [-0.3, -0.25) is 28.3 Å². The van der Waals surface area contributed by atoms with Gasteiger partial charge in [0.25, 0.3) is 11.5 Å².